The predicted octanol–water partition coefficient (Wildman–Crippen LogP) is 1.78. The van der Waals surface area contributed by atoms with Crippen LogP contribution in [0.2, 0.25) is 0 Å². The third kappa shape index (κ3) is 4.36. The largest absolute Gasteiger partial charge is 0.399 e. The number of nitrogen functional groups attached to an aromatic ring is 1. The summed E-state index contributed by atoms with van der Waals surface area (Å²) in [6.45, 7) is 5.95. The Labute approximate surface area is 109 Å². The maximum Gasteiger partial charge on any atom is 0.0916 e. The van der Waals surface area contributed by atoms with E-state index in [0.717, 1.165) is 12.1 Å². The first-order chi connectivity index (χ1) is 8.56. The normalized spacial score (nSPS) is 14.2. The Morgan fingerprint density at radius 1 is 1.33 bits per heavy atom. The van der Waals surface area contributed by atoms with Crippen molar-refractivity contribution in [3.05, 3.63) is 29.8 Å². The molecule has 4 heteroatoms. The van der Waals surface area contributed by atoms with Gasteiger partial charge in [-0.2, -0.15) is 5.26 Å². The quantitative estimate of drug-likeness (QED) is 0.752. The van der Waals surface area contributed by atoms with Crippen molar-refractivity contribution in [3.63, 3.8) is 0 Å². The monoisotopic (exact) mass is 247 g/mol. The van der Waals surface area contributed by atoms with Crippen LogP contribution in [-0.2, 0) is 0 Å². The van der Waals surface area contributed by atoms with E-state index in [4.69, 9.17) is 11.0 Å². The minimum absolute atomic E-state index is 0.0245. The molecular weight excluding hydrogens is 226 g/mol. The number of nitriles is 1. The van der Waals surface area contributed by atoms with Gasteiger partial charge in [-0.25, -0.2) is 0 Å². The molecule has 0 saturated carbocycles. The van der Waals surface area contributed by atoms with Gasteiger partial charge in [-0.3, -0.25) is 4.90 Å². The van der Waals surface area contributed by atoms with Crippen LogP contribution in [0.25, 0.3) is 0 Å². The fourth-order valence-electron chi connectivity index (χ4n) is 1.83. The average molecular weight is 247 g/mol. The van der Waals surface area contributed by atoms with Crippen LogP contribution in [0.15, 0.2) is 24.3 Å². The Balaban J connectivity index is 2.59. The molecule has 1 aromatic rings. The maximum atomic E-state index is 10.1. The van der Waals surface area contributed by atoms with Crippen molar-refractivity contribution >= 4 is 5.69 Å². The molecule has 4 nitrogen and oxygen atoms in total. The summed E-state index contributed by atoms with van der Waals surface area (Å²) in [5.41, 5.74) is 7.16. The smallest absolute Gasteiger partial charge is 0.0916 e. The Bertz CT molecular complexity index is 396. The van der Waals surface area contributed by atoms with Gasteiger partial charge in [0.05, 0.1) is 18.1 Å². The van der Waals surface area contributed by atoms with E-state index >= 15 is 0 Å². The lowest BCUT2D eigenvalue weighted by molar-refractivity contribution is 0.112. The van der Waals surface area contributed by atoms with Crippen LogP contribution in [0.4, 0.5) is 5.69 Å². The Kier molecular flexibility index (Phi) is 5.63. The highest BCUT2D eigenvalue weighted by molar-refractivity contribution is 5.39. The summed E-state index contributed by atoms with van der Waals surface area (Å²) in [6.07, 6.45) is -0.545. The minimum atomic E-state index is -0.545. The molecular formula is C14H21N3O. The number of rotatable bonds is 6. The highest BCUT2D eigenvalue weighted by Gasteiger charge is 2.14. The van der Waals surface area contributed by atoms with Gasteiger partial charge in [0.15, 0.2) is 0 Å². The van der Waals surface area contributed by atoms with Crippen molar-refractivity contribution in [2.45, 2.75) is 20.0 Å². The standard InChI is InChI=1S/C14H21N3O/c1-3-17(9-11(2)8-15)10-14(18)12-4-6-13(16)7-5-12/h4-7,11,14,18H,3,9-10,16H2,1-2H3. The van der Waals surface area contributed by atoms with Gasteiger partial charge < -0.3 is 10.8 Å². The summed E-state index contributed by atoms with van der Waals surface area (Å²) in [7, 11) is 0. The second-order valence-corrected chi connectivity index (χ2v) is 4.56. The summed E-state index contributed by atoms with van der Waals surface area (Å²) in [5, 5.41) is 18.9. The van der Waals surface area contributed by atoms with Crippen LogP contribution < -0.4 is 5.73 Å². The molecule has 2 atom stereocenters. The van der Waals surface area contributed by atoms with E-state index < -0.39 is 6.10 Å². The first-order valence-corrected chi connectivity index (χ1v) is 6.22. The van der Waals surface area contributed by atoms with Crippen molar-refractivity contribution in [3.8, 4) is 6.07 Å². The van der Waals surface area contributed by atoms with Crippen molar-refractivity contribution in [2.24, 2.45) is 5.92 Å². The zero-order valence-corrected chi connectivity index (χ0v) is 11.0. The fraction of sp³-hybridized carbons (Fsp3) is 0.500. The van der Waals surface area contributed by atoms with Gasteiger partial charge >= 0.3 is 0 Å². The molecule has 0 aromatic heterocycles. The Hall–Kier alpha value is -1.57. The van der Waals surface area contributed by atoms with E-state index in [-0.39, 0.29) is 5.92 Å². The van der Waals surface area contributed by atoms with Gasteiger partial charge in [0.1, 0.15) is 0 Å². The molecule has 3 N–H and O–H groups in total. The second kappa shape index (κ2) is 7.00. The van der Waals surface area contributed by atoms with Crippen LogP contribution in [0.5, 0.6) is 0 Å². The molecule has 0 saturated heterocycles. The van der Waals surface area contributed by atoms with Gasteiger partial charge in [0.2, 0.25) is 0 Å². The molecule has 18 heavy (non-hydrogen) atoms. The summed E-state index contributed by atoms with van der Waals surface area (Å²) in [6, 6.07) is 9.45. The number of nitrogens with zero attached hydrogens (tertiary/aromatic N) is 2. The highest BCUT2D eigenvalue weighted by Crippen LogP contribution is 2.16. The van der Waals surface area contributed by atoms with Gasteiger partial charge in [0, 0.05) is 18.8 Å². The van der Waals surface area contributed by atoms with Crippen LogP contribution >= 0.6 is 0 Å². The van der Waals surface area contributed by atoms with E-state index in [1.165, 1.54) is 0 Å². The van der Waals surface area contributed by atoms with Crippen molar-refractivity contribution in [2.75, 3.05) is 25.4 Å². The van der Waals surface area contributed by atoms with Crippen LogP contribution in [-0.4, -0.2) is 29.6 Å². The Morgan fingerprint density at radius 2 is 1.94 bits per heavy atom. The lowest BCUT2D eigenvalue weighted by atomic mass is 10.1. The van der Waals surface area contributed by atoms with Crippen molar-refractivity contribution in [1.82, 2.24) is 4.90 Å². The molecule has 0 aliphatic carbocycles. The first-order valence-electron chi connectivity index (χ1n) is 6.22. The van der Waals surface area contributed by atoms with Crippen molar-refractivity contribution in [1.29, 1.82) is 5.26 Å². The summed E-state index contributed by atoms with van der Waals surface area (Å²) in [4.78, 5) is 2.08. The van der Waals surface area contributed by atoms with Crippen molar-refractivity contribution < 1.29 is 5.11 Å². The number of aliphatic hydroxyl groups is 1. The number of hydrogen-bond donors (Lipinski definition) is 2. The molecule has 0 amide bonds. The molecule has 0 aliphatic rings. The van der Waals surface area contributed by atoms with E-state index in [1.54, 1.807) is 12.1 Å². The molecule has 0 aliphatic heterocycles. The number of anilines is 1. The predicted molar refractivity (Wildman–Crippen MR) is 72.7 cm³/mol. The molecule has 0 bridgehead atoms. The van der Waals surface area contributed by atoms with E-state index in [9.17, 15) is 5.11 Å². The number of nitrogens with two attached hydrogens (primary N) is 1. The van der Waals surface area contributed by atoms with E-state index in [2.05, 4.69) is 11.0 Å². The van der Waals surface area contributed by atoms with Gasteiger partial charge in [-0.05, 0) is 31.2 Å². The molecule has 1 rings (SSSR count). The minimum Gasteiger partial charge on any atom is -0.399 e. The number of aliphatic hydroxyl groups excluding tert-OH is 1. The summed E-state index contributed by atoms with van der Waals surface area (Å²) >= 11 is 0. The summed E-state index contributed by atoms with van der Waals surface area (Å²) in [5.74, 6) is -0.0245. The first kappa shape index (κ1) is 14.5. The molecule has 0 spiro atoms. The van der Waals surface area contributed by atoms with Gasteiger partial charge in [0.25, 0.3) is 0 Å². The zero-order chi connectivity index (χ0) is 13.5. The van der Waals surface area contributed by atoms with E-state index in [0.29, 0.717) is 18.8 Å². The van der Waals surface area contributed by atoms with Crippen LogP contribution in [0.1, 0.15) is 25.5 Å². The molecule has 0 fully saturated rings. The molecule has 2 unspecified atom stereocenters. The van der Waals surface area contributed by atoms with Gasteiger partial charge in [-0.1, -0.05) is 19.1 Å². The fourth-order valence-corrected chi connectivity index (χ4v) is 1.83. The average Bonchev–Trinajstić information content (AvgIpc) is 2.38. The molecule has 0 heterocycles. The molecule has 98 valence electrons. The van der Waals surface area contributed by atoms with E-state index in [1.807, 2.05) is 26.0 Å². The number of benzene rings is 1. The van der Waals surface area contributed by atoms with Crippen LogP contribution in [0.3, 0.4) is 0 Å². The molecule has 1 aromatic carbocycles. The molecule has 0 radical (unpaired) electrons. The van der Waals surface area contributed by atoms with Crippen LogP contribution in [0, 0.1) is 17.2 Å². The number of likely N-dealkylation sites (N-methyl/N-ethyl adjacent to an activating group) is 1. The lowest BCUT2D eigenvalue weighted by Gasteiger charge is -2.24. The lowest BCUT2D eigenvalue weighted by Crippen LogP contribution is -2.32. The maximum absolute atomic E-state index is 10.1. The Morgan fingerprint density at radius 3 is 2.44 bits per heavy atom. The summed E-state index contributed by atoms with van der Waals surface area (Å²) < 4.78 is 0. The highest BCUT2D eigenvalue weighted by atomic mass is 16.3. The zero-order valence-electron chi connectivity index (χ0n) is 11.0. The SMILES string of the molecule is CCN(CC(C)C#N)CC(O)c1ccc(N)cc1. The van der Waals surface area contributed by atoms with Gasteiger partial charge in [-0.15, -0.1) is 0 Å². The second-order valence-electron chi connectivity index (χ2n) is 4.56. The third-order valence-electron chi connectivity index (χ3n) is 2.95. The number of hydrogen-bond acceptors (Lipinski definition) is 4. The third-order valence-corrected chi connectivity index (χ3v) is 2.95. The topological polar surface area (TPSA) is 73.3 Å².